The van der Waals surface area contributed by atoms with E-state index in [1.807, 2.05) is 31.1 Å². The molecule has 0 bridgehead atoms. The van der Waals surface area contributed by atoms with Gasteiger partial charge in [-0.3, -0.25) is 14.4 Å². The van der Waals surface area contributed by atoms with Crippen LogP contribution in [0.15, 0.2) is 24.3 Å². The highest BCUT2D eigenvalue weighted by Crippen LogP contribution is 2.15. The Hall–Kier alpha value is -1.80. The van der Waals surface area contributed by atoms with Crippen molar-refractivity contribution in [2.45, 2.75) is 181 Å². The zero-order chi connectivity index (χ0) is 37.5. The number of amides is 1. The smallest absolute Gasteiger partial charge is 0.306 e. The second kappa shape index (κ2) is 39.4. The number of esters is 2. The molecule has 0 saturated heterocycles. The van der Waals surface area contributed by atoms with E-state index < -0.39 is 0 Å². The number of hydrogen-bond donors (Lipinski definition) is 0. The van der Waals surface area contributed by atoms with E-state index in [1.165, 1.54) is 88.8 Å². The van der Waals surface area contributed by atoms with Crippen molar-refractivity contribution in [3.05, 3.63) is 24.3 Å². The summed E-state index contributed by atoms with van der Waals surface area (Å²) in [5, 5.41) is 0.185. The van der Waals surface area contributed by atoms with Gasteiger partial charge in [0.05, 0.1) is 0 Å². The Bertz CT molecular complexity index is 807. The van der Waals surface area contributed by atoms with E-state index in [9.17, 15) is 14.4 Å². The molecule has 0 spiro atoms. The molecule has 0 saturated carbocycles. The molecule has 0 radical (unpaired) electrons. The summed E-state index contributed by atoms with van der Waals surface area (Å²) in [5.41, 5.74) is 0. The van der Waals surface area contributed by atoms with Crippen LogP contribution in [-0.2, 0) is 19.1 Å². The van der Waals surface area contributed by atoms with Crippen molar-refractivity contribution in [1.82, 2.24) is 9.80 Å². The Morgan fingerprint density at radius 2 is 0.882 bits per heavy atom. The Kier molecular flexibility index (Phi) is 38.0. The summed E-state index contributed by atoms with van der Waals surface area (Å²) < 4.78 is 10.7. The van der Waals surface area contributed by atoms with Gasteiger partial charge in [-0.1, -0.05) is 153 Å². The van der Waals surface area contributed by atoms with Crippen LogP contribution in [0.25, 0.3) is 0 Å². The maximum Gasteiger partial charge on any atom is 0.306 e. The van der Waals surface area contributed by atoms with Gasteiger partial charge in [-0.05, 0) is 65.5 Å². The van der Waals surface area contributed by atoms with Crippen LogP contribution < -0.4 is 0 Å². The van der Waals surface area contributed by atoms with Crippen molar-refractivity contribution in [3.8, 4) is 0 Å². The molecule has 0 unspecified atom stereocenters. The average Bonchev–Trinajstić information content (AvgIpc) is 3.11. The van der Waals surface area contributed by atoms with Crippen LogP contribution in [0.5, 0.6) is 0 Å². The van der Waals surface area contributed by atoms with Crippen LogP contribution >= 0.6 is 11.8 Å². The molecule has 1 amide bonds. The van der Waals surface area contributed by atoms with Crippen LogP contribution in [0, 0.1) is 0 Å². The number of unbranched alkanes of at least 4 members (excludes halogenated alkanes) is 20. The van der Waals surface area contributed by atoms with Crippen molar-refractivity contribution in [1.29, 1.82) is 0 Å². The number of allylic oxidation sites excluding steroid dienone is 2. The van der Waals surface area contributed by atoms with Gasteiger partial charge in [0.15, 0.2) is 0 Å². The Labute approximate surface area is 319 Å². The molecule has 8 heteroatoms. The van der Waals surface area contributed by atoms with Crippen LogP contribution in [0.2, 0.25) is 0 Å². The highest BCUT2D eigenvalue weighted by atomic mass is 32.2. The van der Waals surface area contributed by atoms with Gasteiger partial charge in [-0.2, -0.15) is 0 Å². The number of ether oxygens (including phenoxy) is 2. The lowest BCUT2D eigenvalue weighted by Crippen LogP contribution is -2.30. The van der Waals surface area contributed by atoms with Gasteiger partial charge in [0, 0.05) is 38.2 Å². The lowest BCUT2D eigenvalue weighted by Gasteiger charge is -2.22. The van der Waals surface area contributed by atoms with Crippen molar-refractivity contribution < 1.29 is 23.9 Å². The standard InChI is InChI=1S/C43H80N2O5S/c1-5-7-9-11-13-15-17-25-31-38-49-41(46)33-27-21-19-23-29-35-45(43(48)51-40-37-44(3)4)36-30-24-20-22-28-34-42(47)50-39-32-26-18-16-14-12-10-8-6-2/h25-26,31-32H,5-24,27-30,33-40H2,1-4H3/b31-25-,32-26+. The molecule has 0 aromatic carbocycles. The Balaban J connectivity index is 4.03. The topological polar surface area (TPSA) is 76.1 Å². The van der Waals surface area contributed by atoms with Gasteiger partial charge in [0.25, 0.3) is 5.24 Å². The molecule has 0 atom stereocenters. The third-order valence-electron chi connectivity index (χ3n) is 9.10. The highest BCUT2D eigenvalue weighted by molar-refractivity contribution is 8.13. The summed E-state index contributed by atoms with van der Waals surface area (Å²) in [6, 6.07) is 0. The maximum atomic E-state index is 13.0. The first kappa shape index (κ1) is 49.2. The SMILES string of the molecule is CCCCCCCC/C=C\COC(=O)CCCCCCCN(CCCCCCCC(=O)OC/C=C/CCCCCCCC)C(=O)SCCN(C)C. The number of carbonyl (C=O) groups is 3. The predicted molar refractivity (Wildman–Crippen MR) is 220 cm³/mol. The van der Waals surface area contributed by atoms with Crippen LogP contribution in [0.3, 0.4) is 0 Å². The summed E-state index contributed by atoms with van der Waals surface area (Å²) >= 11 is 1.43. The number of rotatable bonds is 37. The minimum absolute atomic E-state index is 0.104. The van der Waals surface area contributed by atoms with Gasteiger partial charge in [0.2, 0.25) is 0 Å². The molecule has 0 aliphatic rings. The summed E-state index contributed by atoms with van der Waals surface area (Å²) in [4.78, 5) is 41.2. The molecule has 0 aliphatic heterocycles. The average molecular weight is 737 g/mol. The molecule has 0 heterocycles. The summed E-state index contributed by atoms with van der Waals surface area (Å²) in [5.74, 6) is 0.595. The fraction of sp³-hybridized carbons (Fsp3) is 0.837. The van der Waals surface area contributed by atoms with Crippen LogP contribution in [0.4, 0.5) is 4.79 Å². The van der Waals surface area contributed by atoms with Crippen molar-refractivity contribution in [2.75, 3.05) is 52.7 Å². The predicted octanol–water partition coefficient (Wildman–Crippen LogP) is 12.1. The Morgan fingerprint density at radius 1 is 0.490 bits per heavy atom. The zero-order valence-electron chi connectivity index (χ0n) is 33.8. The van der Waals surface area contributed by atoms with E-state index in [4.69, 9.17) is 9.47 Å². The number of carbonyl (C=O) groups excluding carboxylic acids is 3. The summed E-state index contributed by atoms with van der Waals surface area (Å²) in [6.45, 7) is 7.73. The largest absolute Gasteiger partial charge is 0.461 e. The molecule has 51 heavy (non-hydrogen) atoms. The first-order chi connectivity index (χ1) is 24.9. The third-order valence-corrected chi connectivity index (χ3v) is 10.00. The maximum absolute atomic E-state index is 13.0. The van der Waals surface area contributed by atoms with E-state index in [1.54, 1.807) is 0 Å². The second-order valence-corrected chi connectivity index (χ2v) is 15.4. The molecule has 0 aromatic heterocycles. The minimum Gasteiger partial charge on any atom is -0.461 e. The Morgan fingerprint density at radius 3 is 1.31 bits per heavy atom. The molecular weight excluding hydrogens is 657 g/mol. The molecule has 0 N–H and O–H groups in total. The van der Waals surface area contributed by atoms with Crippen LogP contribution in [-0.4, -0.2) is 79.7 Å². The summed E-state index contributed by atoms with van der Waals surface area (Å²) in [7, 11) is 4.07. The molecule has 0 fully saturated rings. The van der Waals surface area contributed by atoms with Crippen molar-refractivity contribution >= 4 is 28.9 Å². The highest BCUT2D eigenvalue weighted by Gasteiger charge is 2.14. The van der Waals surface area contributed by atoms with Crippen molar-refractivity contribution in [2.24, 2.45) is 0 Å². The van der Waals surface area contributed by atoms with E-state index in [0.717, 1.165) is 102 Å². The van der Waals surface area contributed by atoms with E-state index in [-0.39, 0.29) is 17.2 Å². The fourth-order valence-electron chi connectivity index (χ4n) is 5.79. The number of nitrogens with zero attached hydrogens (tertiary/aromatic N) is 2. The zero-order valence-corrected chi connectivity index (χ0v) is 34.6. The normalized spacial score (nSPS) is 11.6. The monoisotopic (exact) mass is 737 g/mol. The molecular formula is C43H80N2O5S. The van der Waals surface area contributed by atoms with E-state index >= 15 is 0 Å². The lowest BCUT2D eigenvalue weighted by atomic mass is 10.1. The number of hydrogen-bond acceptors (Lipinski definition) is 7. The molecule has 7 nitrogen and oxygen atoms in total. The molecule has 298 valence electrons. The van der Waals surface area contributed by atoms with Gasteiger partial charge in [-0.15, -0.1) is 0 Å². The van der Waals surface area contributed by atoms with E-state index in [0.29, 0.717) is 26.1 Å². The van der Waals surface area contributed by atoms with Gasteiger partial charge in [-0.25, -0.2) is 0 Å². The molecule has 0 aromatic rings. The van der Waals surface area contributed by atoms with Gasteiger partial charge >= 0.3 is 11.9 Å². The first-order valence-electron chi connectivity index (χ1n) is 21.1. The fourth-order valence-corrected chi connectivity index (χ4v) is 6.79. The van der Waals surface area contributed by atoms with E-state index in [2.05, 4.69) is 30.9 Å². The van der Waals surface area contributed by atoms with Crippen molar-refractivity contribution in [3.63, 3.8) is 0 Å². The lowest BCUT2D eigenvalue weighted by molar-refractivity contribution is -0.143. The van der Waals surface area contributed by atoms with Gasteiger partial charge in [0.1, 0.15) is 13.2 Å². The third kappa shape index (κ3) is 37.8. The molecule has 0 rings (SSSR count). The van der Waals surface area contributed by atoms with Gasteiger partial charge < -0.3 is 19.3 Å². The number of thioether (sulfide) groups is 1. The molecule has 0 aliphatic carbocycles. The first-order valence-corrected chi connectivity index (χ1v) is 22.1. The quantitative estimate of drug-likeness (QED) is 0.0357. The summed E-state index contributed by atoms with van der Waals surface area (Å²) in [6.07, 6.45) is 36.9. The minimum atomic E-state index is -0.104. The van der Waals surface area contributed by atoms with Crippen LogP contribution in [0.1, 0.15) is 181 Å². The second-order valence-electron chi connectivity index (χ2n) is 14.4.